The number of hydrogen-bond acceptors (Lipinski definition) is 5. The van der Waals surface area contributed by atoms with Crippen LogP contribution < -0.4 is 16.0 Å². The van der Waals surface area contributed by atoms with E-state index in [1.807, 2.05) is 13.8 Å². The van der Waals surface area contributed by atoms with Crippen LogP contribution in [-0.2, 0) is 20.7 Å². The Labute approximate surface area is 194 Å². The average Bonchev–Trinajstić information content (AvgIpc) is 2.79. The number of benzene rings is 2. The number of carbonyl (C=O) groups is 3. The average molecular weight is 458 g/mol. The predicted molar refractivity (Wildman–Crippen MR) is 124 cm³/mol. The molecule has 0 unspecified atom stereocenters. The van der Waals surface area contributed by atoms with E-state index in [1.165, 1.54) is 12.1 Å². The summed E-state index contributed by atoms with van der Waals surface area (Å²) >= 11 is 0. The number of halogens is 1. The van der Waals surface area contributed by atoms with Gasteiger partial charge in [-0.25, -0.2) is 4.39 Å². The normalized spacial score (nSPS) is 13.7. The van der Waals surface area contributed by atoms with Gasteiger partial charge in [-0.05, 0) is 42.7 Å². The molecule has 0 heterocycles. The van der Waals surface area contributed by atoms with Crippen LogP contribution in [0.3, 0.4) is 0 Å². The lowest BCUT2D eigenvalue weighted by molar-refractivity contribution is -0.124. The molecule has 2 aromatic rings. The first-order valence-corrected chi connectivity index (χ1v) is 11.0. The molecule has 0 aliphatic rings. The zero-order valence-corrected chi connectivity index (χ0v) is 19.2. The number of amides is 2. The molecule has 178 valence electrons. The van der Waals surface area contributed by atoms with Gasteiger partial charge in [-0.2, -0.15) is 0 Å². The molecule has 7 nitrogen and oxygen atoms in total. The summed E-state index contributed by atoms with van der Waals surface area (Å²) in [6.07, 6.45) is 0.971. The molecular formula is C25H32FN3O4. The van der Waals surface area contributed by atoms with E-state index < -0.39 is 23.7 Å². The smallest absolute Gasteiger partial charge is 0.251 e. The standard InChI is InChI=1S/C25H32FN3O4/c1-17(2)23(14-30)27-16-33-15-18(3)28-25(32)22(13-19-8-7-11-21(26)12-19)29-24(31)20-9-5-4-6-10-20/h4-12,14,17-18,22-23,27H,13,15-16H2,1-3H3,(H,28,32)(H,29,31)/t18-,22+,23+/m0/s1. The summed E-state index contributed by atoms with van der Waals surface area (Å²) in [6, 6.07) is 12.9. The molecule has 2 aromatic carbocycles. The fraction of sp³-hybridized carbons (Fsp3) is 0.400. The molecule has 3 atom stereocenters. The third-order valence-electron chi connectivity index (χ3n) is 5.03. The molecule has 0 aromatic heterocycles. The van der Waals surface area contributed by atoms with Crippen molar-refractivity contribution in [2.24, 2.45) is 5.92 Å². The van der Waals surface area contributed by atoms with E-state index in [1.54, 1.807) is 49.4 Å². The molecule has 0 aliphatic heterocycles. The molecule has 0 spiro atoms. The van der Waals surface area contributed by atoms with Gasteiger partial charge < -0.3 is 20.2 Å². The van der Waals surface area contributed by atoms with Gasteiger partial charge in [-0.3, -0.25) is 14.9 Å². The van der Waals surface area contributed by atoms with Crippen LogP contribution in [0, 0.1) is 11.7 Å². The molecule has 2 amide bonds. The van der Waals surface area contributed by atoms with Crippen molar-refractivity contribution in [1.82, 2.24) is 16.0 Å². The number of carbonyl (C=O) groups excluding carboxylic acids is 3. The second kappa shape index (κ2) is 13.4. The maximum atomic E-state index is 13.6. The molecule has 0 aliphatic carbocycles. The van der Waals surface area contributed by atoms with Gasteiger partial charge in [0.15, 0.2) is 0 Å². The number of ether oxygens (including phenoxy) is 1. The second-order valence-corrected chi connectivity index (χ2v) is 8.26. The van der Waals surface area contributed by atoms with Gasteiger partial charge in [0.2, 0.25) is 5.91 Å². The van der Waals surface area contributed by atoms with Crippen LogP contribution in [0.15, 0.2) is 54.6 Å². The number of nitrogens with one attached hydrogen (secondary N) is 3. The number of rotatable bonds is 13. The van der Waals surface area contributed by atoms with Crippen LogP contribution in [0.25, 0.3) is 0 Å². The van der Waals surface area contributed by atoms with Gasteiger partial charge in [0, 0.05) is 18.0 Å². The van der Waals surface area contributed by atoms with Crippen molar-refractivity contribution in [3.05, 3.63) is 71.5 Å². The van der Waals surface area contributed by atoms with Gasteiger partial charge in [-0.1, -0.05) is 44.2 Å². The third-order valence-corrected chi connectivity index (χ3v) is 5.03. The van der Waals surface area contributed by atoms with Crippen molar-refractivity contribution in [3.8, 4) is 0 Å². The van der Waals surface area contributed by atoms with E-state index in [9.17, 15) is 18.8 Å². The van der Waals surface area contributed by atoms with E-state index in [0.29, 0.717) is 11.1 Å². The monoisotopic (exact) mass is 457 g/mol. The van der Waals surface area contributed by atoms with Gasteiger partial charge >= 0.3 is 0 Å². The van der Waals surface area contributed by atoms with Crippen LogP contribution in [0.1, 0.15) is 36.7 Å². The van der Waals surface area contributed by atoms with Gasteiger partial charge in [0.1, 0.15) is 18.1 Å². The molecule has 2 rings (SSSR count). The number of aldehydes is 1. The molecule has 0 saturated heterocycles. The first-order valence-electron chi connectivity index (χ1n) is 11.0. The molecule has 8 heteroatoms. The summed E-state index contributed by atoms with van der Waals surface area (Å²) in [5.41, 5.74) is 1.01. The minimum Gasteiger partial charge on any atom is -0.364 e. The second-order valence-electron chi connectivity index (χ2n) is 8.26. The van der Waals surface area contributed by atoms with Crippen molar-refractivity contribution in [2.75, 3.05) is 13.3 Å². The Bertz CT molecular complexity index is 908. The predicted octanol–water partition coefficient (Wildman–Crippen LogP) is 2.46. The Hall–Kier alpha value is -3.10. The van der Waals surface area contributed by atoms with Crippen LogP contribution in [0.2, 0.25) is 0 Å². The maximum absolute atomic E-state index is 13.6. The van der Waals surface area contributed by atoms with E-state index in [4.69, 9.17) is 4.74 Å². The lowest BCUT2D eigenvalue weighted by Gasteiger charge is -2.22. The zero-order valence-electron chi connectivity index (χ0n) is 19.2. The van der Waals surface area contributed by atoms with Crippen LogP contribution in [-0.4, -0.2) is 49.6 Å². The maximum Gasteiger partial charge on any atom is 0.251 e. The molecule has 3 N–H and O–H groups in total. The summed E-state index contributed by atoms with van der Waals surface area (Å²) in [6.45, 7) is 6.01. The van der Waals surface area contributed by atoms with Gasteiger partial charge in [0.25, 0.3) is 5.91 Å². The Balaban J connectivity index is 1.97. The summed E-state index contributed by atoms with van der Waals surface area (Å²) in [7, 11) is 0. The summed E-state index contributed by atoms with van der Waals surface area (Å²) in [5, 5.41) is 8.56. The highest BCUT2D eigenvalue weighted by Crippen LogP contribution is 2.09. The lowest BCUT2D eigenvalue weighted by atomic mass is 10.0. The highest BCUT2D eigenvalue weighted by atomic mass is 19.1. The number of hydrogen-bond donors (Lipinski definition) is 3. The van der Waals surface area contributed by atoms with Crippen molar-refractivity contribution in [1.29, 1.82) is 0 Å². The lowest BCUT2D eigenvalue weighted by Crippen LogP contribution is -2.51. The first-order chi connectivity index (χ1) is 15.8. The minimum absolute atomic E-state index is 0.132. The summed E-state index contributed by atoms with van der Waals surface area (Å²) < 4.78 is 19.2. The van der Waals surface area contributed by atoms with Crippen LogP contribution in [0.4, 0.5) is 4.39 Å². The fourth-order valence-corrected chi connectivity index (χ4v) is 3.16. The van der Waals surface area contributed by atoms with E-state index >= 15 is 0 Å². The molecule has 0 radical (unpaired) electrons. The van der Waals surface area contributed by atoms with Crippen molar-refractivity contribution >= 4 is 18.1 Å². The highest BCUT2D eigenvalue weighted by Gasteiger charge is 2.23. The minimum atomic E-state index is -0.902. The third kappa shape index (κ3) is 9.11. The van der Waals surface area contributed by atoms with Gasteiger partial charge in [0.05, 0.1) is 19.4 Å². The van der Waals surface area contributed by atoms with E-state index in [0.717, 1.165) is 6.29 Å². The fourth-order valence-electron chi connectivity index (χ4n) is 3.16. The van der Waals surface area contributed by atoms with Gasteiger partial charge in [-0.15, -0.1) is 0 Å². The Kier molecular flexibility index (Phi) is 10.7. The molecule has 0 fully saturated rings. The summed E-state index contributed by atoms with van der Waals surface area (Å²) in [5.74, 6) is -1.07. The Morgan fingerprint density at radius 2 is 1.76 bits per heavy atom. The van der Waals surface area contributed by atoms with Crippen LogP contribution >= 0.6 is 0 Å². The van der Waals surface area contributed by atoms with E-state index in [-0.39, 0.29) is 37.8 Å². The first kappa shape index (κ1) is 26.2. The van der Waals surface area contributed by atoms with Crippen LogP contribution in [0.5, 0.6) is 0 Å². The van der Waals surface area contributed by atoms with Crippen molar-refractivity contribution < 1.29 is 23.5 Å². The summed E-state index contributed by atoms with van der Waals surface area (Å²) in [4.78, 5) is 36.6. The van der Waals surface area contributed by atoms with E-state index in [2.05, 4.69) is 16.0 Å². The zero-order chi connectivity index (χ0) is 24.2. The molecular weight excluding hydrogens is 425 g/mol. The van der Waals surface area contributed by atoms with Crippen molar-refractivity contribution in [2.45, 2.75) is 45.3 Å². The largest absolute Gasteiger partial charge is 0.364 e. The topological polar surface area (TPSA) is 96.5 Å². The van der Waals surface area contributed by atoms with Crippen molar-refractivity contribution in [3.63, 3.8) is 0 Å². The molecule has 0 saturated carbocycles. The molecule has 0 bridgehead atoms. The Morgan fingerprint density at radius 3 is 2.39 bits per heavy atom. The highest BCUT2D eigenvalue weighted by molar-refractivity contribution is 5.97. The quantitative estimate of drug-likeness (QED) is 0.244. The SMILES string of the molecule is CC(C)[C@@H](C=O)NCOC[C@H](C)NC(=O)[C@@H](Cc1cccc(F)c1)NC(=O)c1ccccc1. The molecule has 33 heavy (non-hydrogen) atoms. The Morgan fingerprint density at radius 1 is 1.03 bits per heavy atom.